The van der Waals surface area contributed by atoms with E-state index in [0.717, 1.165) is 25.7 Å². The largest absolute Gasteiger partial charge is 0.401 e. The first-order valence-corrected chi connectivity index (χ1v) is 5.47. The summed E-state index contributed by atoms with van der Waals surface area (Å²) in [6.45, 7) is -0.781. The van der Waals surface area contributed by atoms with Crippen molar-refractivity contribution in [3.63, 3.8) is 0 Å². The van der Waals surface area contributed by atoms with Gasteiger partial charge in [0, 0.05) is 18.1 Å². The van der Waals surface area contributed by atoms with Crippen LogP contribution in [0.4, 0.5) is 13.2 Å². The van der Waals surface area contributed by atoms with Gasteiger partial charge in [-0.2, -0.15) is 13.2 Å². The van der Waals surface area contributed by atoms with Crippen LogP contribution in [0.5, 0.6) is 0 Å². The van der Waals surface area contributed by atoms with Crippen LogP contribution >= 0.6 is 0 Å². The zero-order valence-corrected chi connectivity index (χ0v) is 8.85. The molecular formula is C10H17F3N2. The van der Waals surface area contributed by atoms with Gasteiger partial charge in [0.25, 0.3) is 0 Å². The summed E-state index contributed by atoms with van der Waals surface area (Å²) < 4.78 is 36.6. The molecule has 1 N–H and O–H groups in total. The molecule has 0 spiro atoms. The van der Waals surface area contributed by atoms with E-state index in [2.05, 4.69) is 5.32 Å². The lowest BCUT2D eigenvalue weighted by Crippen LogP contribution is -2.49. The second kappa shape index (κ2) is 3.94. The van der Waals surface area contributed by atoms with Crippen LogP contribution in [0.15, 0.2) is 0 Å². The minimum atomic E-state index is -4.07. The molecule has 2 aliphatic heterocycles. The molecule has 5 heteroatoms. The summed E-state index contributed by atoms with van der Waals surface area (Å²) in [5, 5.41) is 3.43. The average molecular weight is 222 g/mol. The van der Waals surface area contributed by atoms with Gasteiger partial charge in [-0.15, -0.1) is 0 Å². The molecule has 2 bridgehead atoms. The SMILES string of the molecule is CN(CC(F)(F)F)C1CC2CCC(C1)N2. The van der Waals surface area contributed by atoms with Crippen LogP contribution in [0.25, 0.3) is 0 Å². The van der Waals surface area contributed by atoms with Crippen molar-refractivity contribution in [2.75, 3.05) is 13.6 Å². The molecule has 0 radical (unpaired) electrons. The first-order chi connectivity index (χ1) is 6.94. The highest BCUT2D eigenvalue weighted by molar-refractivity contribution is 4.95. The number of halogens is 3. The van der Waals surface area contributed by atoms with E-state index in [1.807, 2.05) is 0 Å². The molecule has 0 aromatic heterocycles. The third-order valence-corrected chi connectivity index (χ3v) is 3.50. The zero-order chi connectivity index (χ0) is 11.1. The molecule has 2 unspecified atom stereocenters. The Morgan fingerprint density at radius 3 is 2.20 bits per heavy atom. The van der Waals surface area contributed by atoms with Gasteiger partial charge in [-0.1, -0.05) is 0 Å². The number of hydrogen-bond donors (Lipinski definition) is 1. The van der Waals surface area contributed by atoms with E-state index in [9.17, 15) is 13.2 Å². The molecule has 2 aliphatic rings. The third kappa shape index (κ3) is 2.84. The maximum Gasteiger partial charge on any atom is 0.401 e. The first-order valence-electron chi connectivity index (χ1n) is 5.47. The number of nitrogens with zero attached hydrogens (tertiary/aromatic N) is 1. The monoisotopic (exact) mass is 222 g/mol. The molecule has 0 aliphatic carbocycles. The maximum absolute atomic E-state index is 12.2. The molecule has 0 saturated carbocycles. The van der Waals surface area contributed by atoms with Crippen LogP contribution in [0.1, 0.15) is 25.7 Å². The predicted octanol–water partition coefficient (Wildman–Crippen LogP) is 1.76. The van der Waals surface area contributed by atoms with Crippen molar-refractivity contribution in [2.24, 2.45) is 0 Å². The van der Waals surface area contributed by atoms with E-state index in [1.165, 1.54) is 4.90 Å². The van der Waals surface area contributed by atoms with Gasteiger partial charge >= 0.3 is 6.18 Å². The van der Waals surface area contributed by atoms with Gasteiger partial charge in [0.2, 0.25) is 0 Å². The van der Waals surface area contributed by atoms with Gasteiger partial charge in [-0.3, -0.25) is 4.90 Å². The van der Waals surface area contributed by atoms with Crippen molar-refractivity contribution < 1.29 is 13.2 Å². The molecule has 15 heavy (non-hydrogen) atoms. The maximum atomic E-state index is 12.2. The summed E-state index contributed by atoms with van der Waals surface area (Å²) in [7, 11) is 1.59. The Labute approximate surface area is 87.8 Å². The van der Waals surface area contributed by atoms with Gasteiger partial charge in [-0.25, -0.2) is 0 Å². The lowest BCUT2D eigenvalue weighted by molar-refractivity contribution is -0.148. The van der Waals surface area contributed by atoms with E-state index < -0.39 is 12.7 Å². The standard InChI is InChI=1S/C10H17F3N2/c1-15(6-10(11,12)13)9-4-7-2-3-8(5-9)14-7/h7-9,14H,2-6H2,1H3. The highest BCUT2D eigenvalue weighted by Crippen LogP contribution is 2.30. The van der Waals surface area contributed by atoms with Gasteiger partial charge in [0.1, 0.15) is 0 Å². The molecule has 88 valence electrons. The van der Waals surface area contributed by atoms with Gasteiger partial charge in [0.15, 0.2) is 0 Å². The highest BCUT2D eigenvalue weighted by atomic mass is 19.4. The number of piperidine rings is 1. The van der Waals surface area contributed by atoms with Crippen molar-refractivity contribution in [1.82, 2.24) is 10.2 Å². The van der Waals surface area contributed by atoms with Crippen LogP contribution < -0.4 is 5.32 Å². The van der Waals surface area contributed by atoms with Crippen LogP contribution in [0.3, 0.4) is 0 Å². The van der Waals surface area contributed by atoms with Crippen molar-refractivity contribution in [1.29, 1.82) is 0 Å². The highest BCUT2D eigenvalue weighted by Gasteiger charge is 2.38. The van der Waals surface area contributed by atoms with E-state index in [-0.39, 0.29) is 6.04 Å². The van der Waals surface area contributed by atoms with Gasteiger partial charge < -0.3 is 5.32 Å². The van der Waals surface area contributed by atoms with Crippen LogP contribution in [0, 0.1) is 0 Å². The van der Waals surface area contributed by atoms with Gasteiger partial charge in [-0.05, 0) is 32.7 Å². The number of fused-ring (bicyclic) bond motifs is 2. The summed E-state index contributed by atoms with van der Waals surface area (Å²) in [6.07, 6.45) is -0.0904. The van der Waals surface area contributed by atoms with Crippen LogP contribution in [-0.2, 0) is 0 Å². The predicted molar refractivity (Wildman–Crippen MR) is 51.7 cm³/mol. The molecule has 2 atom stereocenters. The fourth-order valence-corrected chi connectivity index (χ4v) is 2.80. The molecule has 0 amide bonds. The normalized spacial score (nSPS) is 36.2. The number of hydrogen-bond acceptors (Lipinski definition) is 2. The zero-order valence-electron chi connectivity index (χ0n) is 8.85. The summed E-state index contributed by atoms with van der Waals surface area (Å²) in [4.78, 5) is 1.46. The van der Waals surface area contributed by atoms with Gasteiger partial charge in [0.05, 0.1) is 6.54 Å². The smallest absolute Gasteiger partial charge is 0.311 e. The first kappa shape index (κ1) is 11.2. The molecule has 2 fully saturated rings. The van der Waals surface area contributed by atoms with Crippen molar-refractivity contribution in [3.8, 4) is 0 Å². The number of alkyl halides is 3. The molecular weight excluding hydrogens is 205 g/mol. The van der Waals surface area contributed by atoms with E-state index in [1.54, 1.807) is 7.05 Å². The molecule has 2 nitrogen and oxygen atoms in total. The lowest BCUT2D eigenvalue weighted by atomic mass is 9.98. The van der Waals surface area contributed by atoms with E-state index in [0.29, 0.717) is 12.1 Å². The fraction of sp³-hybridized carbons (Fsp3) is 1.00. The van der Waals surface area contributed by atoms with E-state index in [4.69, 9.17) is 0 Å². The van der Waals surface area contributed by atoms with Crippen molar-refractivity contribution >= 4 is 0 Å². The second-order valence-electron chi connectivity index (χ2n) is 4.79. The molecule has 2 heterocycles. The molecule has 0 aromatic rings. The molecule has 2 saturated heterocycles. The molecule has 2 rings (SSSR count). The Bertz CT molecular complexity index is 217. The minimum absolute atomic E-state index is 0.102. The van der Waals surface area contributed by atoms with Crippen LogP contribution in [0.2, 0.25) is 0 Å². The Hall–Kier alpha value is -0.290. The Morgan fingerprint density at radius 2 is 1.73 bits per heavy atom. The Balaban J connectivity index is 1.88. The number of rotatable bonds is 2. The molecule has 0 aromatic carbocycles. The van der Waals surface area contributed by atoms with E-state index >= 15 is 0 Å². The third-order valence-electron chi connectivity index (χ3n) is 3.50. The minimum Gasteiger partial charge on any atom is -0.311 e. The summed E-state index contributed by atoms with van der Waals surface area (Å²) in [5.41, 5.74) is 0. The Morgan fingerprint density at radius 1 is 1.20 bits per heavy atom. The lowest BCUT2D eigenvalue weighted by Gasteiger charge is -2.35. The summed E-state index contributed by atoms with van der Waals surface area (Å²) >= 11 is 0. The topological polar surface area (TPSA) is 15.3 Å². The number of nitrogens with one attached hydrogen (secondary N) is 1. The van der Waals surface area contributed by atoms with Crippen molar-refractivity contribution in [2.45, 2.75) is 50.0 Å². The fourth-order valence-electron chi connectivity index (χ4n) is 2.80. The average Bonchev–Trinajstić information content (AvgIpc) is 2.42. The summed E-state index contributed by atoms with van der Waals surface area (Å²) in [5.74, 6) is 0. The quantitative estimate of drug-likeness (QED) is 0.766. The second-order valence-corrected chi connectivity index (χ2v) is 4.79. The van der Waals surface area contributed by atoms with Crippen LogP contribution in [-0.4, -0.2) is 42.8 Å². The Kier molecular flexibility index (Phi) is 2.94. The van der Waals surface area contributed by atoms with Crippen molar-refractivity contribution in [3.05, 3.63) is 0 Å². The summed E-state index contributed by atoms with van der Waals surface area (Å²) in [6, 6.07) is 0.999.